The number of carbonyl (C=O) groups excluding carboxylic acids is 1. The molecule has 4 aromatic rings. The fourth-order valence-corrected chi connectivity index (χ4v) is 3.46. The van der Waals surface area contributed by atoms with Crippen molar-refractivity contribution < 1.29 is 13.6 Å². The summed E-state index contributed by atoms with van der Waals surface area (Å²) >= 11 is 0. The predicted octanol–water partition coefficient (Wildman–Crippen LogP) is 5.94. The van der Waals surface area contributed by atoms with Gasteiger partial charge in [0.1, 0.15) is 11.6 Å². The van der Waals surface area contributed by atoms with Gasteiger partial charge >= 0.3 is 0 Å². The Labute approximate surface area is 173 Å². The summed E-state index contributed by atoms with van der Waals surface area (Å²) in [5.74, 6) is -1.62. The Kier molecular flexibility index (Phi) is 5.19. The molecule has 0 fully saturated rings. The van der Waals surface area contributed by atoms with Crippen molar-refractivity contribution in [2.45, 2.75) is 13.8 Å². The molecule has 0 saturated carbocycles. The van der Waals surface area contributed by atoms with E-state index in [1.807, 2.05) is 0 Å². The van der Waals surface area contributed by atoms with Crippen LogP contribution in [-0.2, 0) is 0 Å². The third-order valence-electron chi connectivity index (χ3n) is 4.81. The number of benzene rings is 2. The van der Waals surface area contributed by atoms with Gasteiger partial charge in [-0.25, -0.2) is 8.78 Å². The average Bonchev–Trinajstić information content (AvgIpc) is 2.73. The van der Waals surface area contributed by atoms with E-state index in [1.54, 1.807) is 50.2 Å². The Hall–Kier alpha value is -3.73. The van der Waals surface area contributed by atoms with Crippen LogP contribution in [0.25, 0.3) is 22.5 Å². The van der Waals surface area contributed by atoms with Crippen LogP contribution in [0.2, 0.25) is 0 Å². The number of nitrogens with zero attached hydrogens (tertiary/aromatic N) is 2. The van der Waals surface area contributed by atoms with E-state index in [4.69, 9.17) is 0 Å². The topological polar surface area (TPSA) is 42.9 Å². The minimum Gasteiger partial charge on any atom is -0.289 e. The molecule has 0 bridgehead atoms. The lowest BCUT2D eigenvalue weighted by atomic mass is 9.91. The summed E-state index contributed by atoms with van der Waals surface area (Å²) in [5, 5.41) is 0. The zero-order valence-corrected chi connectivity index (χ0v) is 16.5. The zero-order chi connectivity index (χ0) is 21.3. The van der Waals surface area contributed by atoms with Crippen LogP contribution >= 0.6 is 0 Å². The molecular formula is C25H18F2N2O. The minimum atomic E-state index is -0.564. The molecule has 4 rings (SSSR count). The second-order valence-corrected chi connectivity index (χ2v) is 6.98. The first-order valence-corrected chi connectivity index (χ1v) is 9.45. The van der Waals surface area contributed by atoms with Gasteiger partial charge in [-0.15, -0.1) is 0 Å². The number of carbonyl (C=O) groups is 1. The quantitative estimate of drug-likeness (QED) is 0.398. The van der Waals surface area contributed by atoms with Gasteiger partial charge < -0.3 is 0 Å². The maximum atomic E-state index is 14.8. The van der Waals surface area contributed by atoms with E-state index in [0.29, 0.717) is 22.8 Å². The minimum absolute atomic E-state index is 0.0959. The number of aromatic nitrogens is 2. The van der Waals surface area contributed by atoms with Gasteiger partial charge in [-0.2, -0.15) is 0 Å². The molecular weight excluding hydrogens is 382 g/mol. The normalized spacial score (nSPS) is 10.8. The van der Waals surface area contributed by atoms with Gasteiger partial charge in [0, 0.05) is 33.6 Å². The Morgan fingerprint density at radius 3 is 1.43 bits per heavy atom. The highest BCUT2D eigenvalue weighted by Gasteiger charge is 2.24. The van der Waals surface area contributed by atoms with Crippen molar-refractivity contribution in [1.29, 1.82) is 0 Å². The summed E-state index contributed by atoms with van der Waals surface area (Å²) in [6.45, 7) is 3.58. The molecule has 0 unspecified atom stereocenters. The third-order valence-corrected chi connectivity index (χ3v) is 4.81. The standard InChI is InChI=1S/C25H18F2N2O/c1-15-7-3-13-21(28-15)23-17(9-5-11-19(23)26)25(30)18-10-6-12-20(27)24(18)22-14-4-8-16(2)29-22/h3-14H,1-2H3. The number of aryl methyl sites for hydroxylation is 2. The van der Waals surface area contributed by atoms with Crippen molar-refractivity contribution in [2.24, 2.45) is 0 Å². The second-order valence-electron chi connectivity index (χ2n) is 6.98. The molecule has 0 aliphatic rings. The molecule has 0 saturated heterocycles. The second kappa shape index (κ2) is 7.95. The van der Waals surface area contributed by atoms with E-state index in [1.165, 1.54) is 36.4 Å². The van der Waals surface area contributed by atoms with Crippen molar-refractivity contribution in [1.82, 2.24) is 9.97 Å². The van der Waals surface area contributed by atoms with Crippen molar-refractivity contribution in [3.05, 3.63) is 107 Å². The fraction of sp³-hybridized carbons (Fsp3) is 0.0800. The lowest BCUT2D eigenvalue weighted by molar-refractivity contribution is 0.103. The Bertz CT molecular complexity index is 1170. The van der Waals surface area contributed by atoms with Crippen LogP contribution in [0.4, 0.5) is 8.78 Å². The molecule has 0 radical (unpaired) electrons. The summed E-state index contributed by atoms with van der Waals surface area (Å²) in [4.78, 5) is 22.3. The largest absolute Gasteiger partial charge is 0.289 e. The van der Waals surface area contributed by atoms with E-state index in [2.05, 4.69) is 9.97 Å². The molecule has 0 N–H and O–H groups in total. The molecule has 0 amide bonds. The van der Waals surface area contributed by atoms with Crippen LogP contribution in [0.15, 0.2) is 72.8 Å². The van der Waals surface area contributed by atoms with Crippen LogP contribution in [0.5, 0.6) is 0 Å². The molecule has 2 heterocycles. The van der Waals surface area contributed by atoms with Crippen LogP contribution in [0, 0.1) is 25.5 Å². The lowest BCUT2D eigenvalue weighted by Crippen LogP contribution is -2.09. The number of pyridine rings is 2. The third kappa shape index (κ3) is 3.62. The number of hydrogen-bond donors (Lipinski definition) is 0. The molecule has 2 aromatic heterocycles. The van der Waals surface area contributed by atoms with Gasteiger partial charge in [-0.1, -0.05) is 36.4 Å². The Balaban J connectivity index is 1.93. The van der Waals surface area contributed by atoms with E-state index in [0.717, 1.165) is 0 Å². The Morgan fingerprint density at radius 2 is 1.03 bits per heavy atom. The van der Waals surface area contributed by atoms with Gasteiger partial charge in [-0.3, -0.25) is 14.8 Å². The summed E-state index contributed by atoms with van der Waals surface area (Å²) in [6, 6.07) is 18.9. The summed E-state index contributed by atoms with van der Waals surface area (Å²) in [7, 11) is 0. The first-order valence-electron chi connectivity index (χ1n) is 9.45. The van der Waals surface area contributed by atoms with Crippen molar-refractivity contribution >= 4 is 5.78 Å². The van der Waals surface area contributed by atoms with Crippen LogP contribution in [0.3, 0.4) is 0 Å². The van der Waals surface area contributed by atoms with Gasteiger partial charge in [-0.05, 0) is 50.2 Å². The van der Waals surface area contributed by atoms with Crippen LogP contribution in [0.1, 0.15) is 27.3 Å². The average molecular weight is 400 g/mol. The van der Waals surface area contributed by atoms with Crippen molar-refractivity contribution in [3.8, 4) is 22.5 Å². The zero-order valence-electron chi connectivity index (χ0n) is 16.5. The van der Waals surface area contributed by atoms with Gasteiger partial charge in [0.05, 0.1) is 11.4 Å². The Morgan fingerprint density at radius 1 is 0.633 bits per heavy atom. The molecule has 0 aliphatic carbocycles. The SMILES string of the molecule is Cc1cccc(-c2c(F)cccc2C(=O)c2cccc(F)c2-c2cccc(C)n2)n1. The molecule has 0 aliphatic heterocycles. The van der Waals surface area contributed by atoms with E-state index < -0.39 is 17.4 Å². The number of hydrogen-bond acceptors (Lipinski definition) is 3. The number of halogens is 2. The summed E-state index contributed by atoms with van der Waals surface area (Å²) < 4.78 is 29.6. The molecule has 5 heteroatoms. The van der Waals surface area contributed by atoms with E-state index >= 15 is 0 Å². The predicted molar refractivity (Wildman–Crippen MR) is 112 cm³/mol. The van der Waals surface area contributed by atoms with Crippen LogP contribution in [-0.4, -0.2) is 15.8 Å². The number of rotatable bonds is 4. The molecule has 0 spiro atoms. The first kappa shape index (κ1) is 19.6. The van der Waals surface area contributed by atoms with Gasteiger partial charge in [0.15, 0.2) is 5.78 Å². The summed E-state index contributed by atoms with van der Waals surface area (Å²) in [6.07, 6.45) is 0. The monoisotopic (exact) mass is 400 g/mol. The van der Waals surface area contributed by atoms with Crippen molar-refractivity contribution in [3.63, 3.8) is 0 Å². The van der Waals surface area contributed by atoms with E-state index in [9.17, 15) is 13.6 Å². The number of ketones is 1. The van der Waals surface area contributed by atoms with E-state index in [-0.39, 0.29) is 22.3 Å². The molecule has 148 valence electrons. The highest BCUT2D eigenvalue weighted by atomic mass is 19.1. The summed E-state index contributed by atoms with van der Waals surface area (Å²) in [5.41, 5.74) is 2.53. The molecule has 30 heavy (non-hydrogen) atoms. The fourth-order valence-electron chi connectivity index (χ4n) is 3.46. The maximum absolute atomic E-state index is 14.8. The highest BCUT2D eigenvalue weighted by Crippen LogP contribution is 2.32. The van der Waals surface area contributed by atoms with Gasteiger partial charge in [0.2, 0.25) is 0 Å². The first-order chi connectivity index (χ1) is 14.5. The molecule has 0 atom stereocenters. The smallest absolute Gasteiger partial charge is 0.194 e. The van der Waals surface area contributed by atoms with Crippen molar-refractivity contribution in [2.75, 3.05) is 0 Å². The lowest BCUT2D eigenvalue weighted by Gasteiger charge is -2.13. The highest BCUT2D eigenvalue weighted by molar-refractivity contribution is 6.15. The maximum Gasteiger partial charge on any atom is 0.194 e. The van der Waals surface area contributed by atoms with Gasteiger partial charge in [0.25, 0.3) is 0 Å². The molecule has 3 nitrogen and oxygen atoms in total. The van der Waals surface area contributed by atoms with Crippen LogP contribution < -0.4 is 0 Å². The molecule has 2 aromatic carbocycles.